The van der Waals surface area contributed by atoms with Gasteiger partial charge in [-0.2, -0.15) is 11.8 Å². The van der Waals surface area contributed by atoms with Gasteiger partial charge in [0.15, 0.2) is 21.5 Å². The van der Waals surface area contributed by atoms with E-state index in [-0.39, 0.29) is 10.8 Å². The van der Waals surface area contributed by atoms with Crippen LogP contribution in [0.15, 0.2) is 6.07 Å². The number of hydrogen-bond donors (Lipinski definition) is 2. The van der Waals surface area contributed by atoms with Crippen LogP contribution in [0.5, 0.6) is 0 Å². The van der Waals surface area contributed by atoms with Gasteiger partial charge in [-0.15, -0.1) is 0 Å². The van der Waals surface area contributed by atoms with E-state index in [4.69, 9.17) is 29.0 Å². The van der Waals surface area contributed by atoms with Crippen molar-refractivity contribution in [3.05, 3.63) is 16.1 Å². The zero-order chi connectivity index (χ0) is 14.9. The van der Waals surface area contributed by atoms with Crippen molar-refractivity contribution in [2.45, 2.75) is 5.37 Å². The first-order chi connectivity index (χ1) is 9.34. The molecule has 112 valence electrons. The van der Waals surface area contributed by atoms with Crippen molar-refractivity contribution >= 4 is 56.4 Å². The summed E-state index contributed by atoms with van der Waals surface area (Å²) in [5.41, 5.74) is 2.37. The molecule has 1 aromatic heterocycles. The van der Waals surface area contributed by atoms with Crippen molar-refractivity contribution < 1.29 is 8.42 Å². The fourth-order valence-corrected chi connectivity index (χ4v) is 5.28. The average molecular weight is 357 g/mol. The molecule has 2 heterocycles. The Morgan fingerprint density at radius 2 is 2.20 bits per heavy atom. The quantitative estimate of drug-likeness (QED) is 0.627. The second kappa shape index (κ2) is 6.15. The molecule has 1 fully saturated rings. The minimum Gasteiger partial charge on any atom is -0.337 e. The second-order valence-electron chi connectivity index (χ2n) is 4.32. The van der Waals surface area contributed by atoms with Crippen LogP contribution in [0.1, 0.15) is 0 Å². The molecular formula is C10H14Cl2N4O2S2. The van der Waals surface area contributed by atoms with E-state index >= 15 is 0 Å². The molecule has 0 bridgehead atoms. The SMILES string of the molecule is CS(=O)(=O)C1CSCCN1c1nc(NN)c(Cl)cc1Cl. The summed E-state index contributed by atoms with van der Waals surface area (Å²) in [5.74, 6) is 7.25. The van der Waals surface area contributed by atoms with Gasteiger partial charge in [0.25, 0.3) is 0 Å². The Labute approximate surface area is 131 Å². The van der Waals surface area contributed by atoms with Crippen LogP contribution in [0.25, 0.3) is 0 Å². The number of nitrogens with one attached hydrogen (secondary N) is 1. The number of nitrogens with zero attached hydrogens (tertiary/aromatic N) is 2. The van der Waals surface area contributed by atoms with Crippen molar-refractivity contribution in [3.63, 3.8) is 0 Å². The number of sulfone groups is 1. The number of rotatable bonds is 3. The first-order valence-corrected chi connectivity index (χ1v) is 9.57. The van der Waals surface area contributed by atoms with E-state index in [1.165, 1.54) is 12.3 Å². The molecule has 0 aromatic carbocycles. The molecule has 0 amide bonds. The highest BCUT2D eigenvalue weighted by atomic mass is 35.5. The fourth-order valence-electron chi connectivity index (χ4n) is 1.94. The molecule has 1 atom stereocenters. The highest BCUT2D eigenvalue weighted by Crippen LogP contribution is 2.34. The minimum absolute atomic E-state index is 0.261. The predicted octanol–water partition coefficient (Wildman–Crippen LogP) is 1.60. The van der Waals surface area contributed by atoms with E-state index in [9.17, 15) is 8.42 Å². The maximum absolute atomic E-state index is 11.9. The van der Waals surface area contributed by atoms with Crippen LogP contribution in [0.3, 0.4) is 0 Å². The summed E-state index contributed by atoms with van der Waals surface area (Å²) in [6.45, 7) is 0.542. The Bertz CT molecular complexity index is 612. The second-order valence-corrected chi connectivity index (χ2v) is 8.49. The van der Waals surface area contributed by atoms with Crippen molar-refractivity contribution in [3.8, 4) is 0 Å². The maximum Gasteiger partial charge on any atom is 0.169 e. The number of nitrogens with two attached hydrogens (primary N) is 1. The van der Waals surface area contributed by atoms with Gasteiger partial charge in [0, 0.05) is 24.3 Å². The summed E-state index contributed by atoms with van der Waals surface area (Å²) >= 11 is 13.7. The van der Waals surface area contributed by atoms with Gasteiger partial charge >= 0.3 is 0 Å². The van der Waals surface area contributed by atoms with Gasteiger partial charge in [-0.25, -0.2) is 19.2 Å². The van der Waals surface area contributed by atoms with E-state index in [0.717, 1.165) is 5.75 Å². The lowest BCUT2D eigenvalue weighted by Crippen LogP contribution is -2.47. The van der Waals surface area contributed by atoms with Crippen LogP contribution >= 0.6 is 35.0 Å². The summed E-state index contributed by atoms with van der Waals surface area (Å²) in [6.07, 6.45) is 1.21. The lowest BCUT2D eigenvalue weighted by atomic mass is 10.4. The maximum atomic E-state index is 11.9. The molecule has 0 aliphatic carbocycles. The van der Waals surface area contributed by atoms with Gasteiger partial charge < -0.3 is 10.3 Å². The highest BCUT2D eigenvalue weighted by molar-refractivity contribution is 8.01. The molecule has 1 unspecified atom stereocenters. The third-order valence-electron chi connectivity index (χ3n) is 2.90. The van der Waals surface area contributed by atoms with Gasteiger partial charge in [0.2, 0.25) is 0 Å². The first-order valence-electron chi connectivity index (χ1n) is 5.70. The van der Waals surface area contributed by atoms with Gasteiger partial charge in [-0.05, 0) is 6.07 Å². The standard InChI is InChI=1S/C10H14Cl2N4O2S2/c1-20(17,18)8-5-19-3-2-16(8)10-7(12)4-6(11)9(14-10)15-13/h4,8H,2-3,5,13H2,1H3,(H,14,15). The molecule has 0 radical (unpaired) electrons. The van der Waals surface area contributed by atoms with E-state index < -0.39 is 15.2 Å². The van der Waals surface area contributed by atoms with Crippen molar-refractivity contribution in [1.29, 1.82) is 0 Å². The monoisotopic (exact) mass is 356 g/mol. The normalized spacial score (nSPS) is 20.0. The fraction of sp³-hybridized carbons (Fsp3) is 0.500. The molecule has 6 nitrogen and oxygen atoms in total. The number of anilines is 2. The van der Waals surface area contributed by atoms with Crippen LogP contribution in [0.2, 0.25) is 10.0 Å². The van der Waals surface area contributed by atoms with Crippen molar-refractivity contribution in [1.82, 2.24) is 4.98 Å². The molecule has 1 aromatic rings. The van der Waals surface area contributed by atoms with Crippen LogP contribution in [0, 0.1) is 0 Å². The Hall–Kier alpha value is -0.410. The van der Waals surface area contributed by atoms with Gasteiger partial charge in [0.05, 0.1) is 10.0 Å². The van der Waals surface area contributed by atoms with Crippen molar-refractivity contribution in [2.75, 3.05) is 34.6 Å². The van der Waals surface area contributed by atoms with E-state index in [0.29, 0.717) is 23.1 Å². The van der Waals surface area contributed by atoms with Gasteiger partial charge in [-0.3, -0.25) is 0 Å². The Morgan fingerprint density at radius 1 is 1.50 bits per heavy atom. The number of pyridine rings is 1. The Morgan fingerprint density at radius 3 is 2.80 bits per heavy atom. The van der Waals surface area contributed by atoms with E-state index in [1.807, 2.05) is 0 Å². The zero-order valence-corrected chi connectivity index (χ0v) is 13.8. The Kier molecular flexibility index (Phi) is 4.91. The Balaban J connectivity index is 2.47. The summed E-state index contributed by atoms with van der Waals surface area (Å²) in [4.78, 5) is 5.92. The topological polar surface area (TPSA) is 88.3 Å². The number of hydrogen-bond acceptors (Lipinski definition) is 7. The third kappa shape index (κ3) is 3.25. The molecule has 20 heavy (non-hydrogen) atoms. The summed E-state index contributed by atoms with van der Waals surface area (Å²) < 4.78 is 23.8. The smallest absolute Gasteiger partial charge is 0.169 e. The predicted molar refractivity (Wildman–Crippen MR) is 85.4 cm³/mol. The lowest BCUT2D eigenvalue weighted by Gasteiger charge is -2.35. The van der Waals surface area contributed by atoms with Gasteiger partial charge in [-0.1, -0.05) is 23.2 Å². The number of aromatic nitrogens is 1. The van der Waals surface area contributed by atoms with Crippen LogP contribution in [-0.2, 0) is 9.84 Å². The first kappa shape index (κ1) is 16.0. The number of nitrogen functional groups attached to an aromatic ring is 1. The number of thioether (sulfide) groups is 1. The van der Waals surface area contributed by atoms with Crippen LogP contribution < -0.4 is 16.2 Å². The van der Waals surface area contributed by atoms with Crippen LogP contribution in [-0.4, -0.2) is 43.1 Å². The van der Waals surface area contributed by atoms with Crippen molar-refractivity contribution in [2.24, 2.45) is 5.84 Å². The lowest BCUT2D eigenvalue weighted by molar-refractivity contribution is 0.584. The third-order valence-corrected chi connectivity index (χ3v) is 6.11. The molecule has 0 saturated carbocycles. The molecule has 1 aliphatic heterocycles. The summed E-state index contributed by atoms with van der Waals surface area (Å²) in [5, 5.41) is -0.0730. The van der Waals surface area contributed by atoms with Gasteiger partial charge in [0.1, 0.15) is 5.37 Å². The molecule has 10 heteroatoms. The largest absolute Gasteiger partial charge is 0.337 e. The minimum atomic E-state index is -3.25. The average Bonchev–Trinajstić information content (AvgIpc) is 2.38. The summed E-state index contributed by atoms with van der Waals surface area (Å²) in [6, 6.07) is 1.50. The van der Waals surface area contributed by atoms with Crippen LogP contribution in [0.4, 0.5) is 11.6 Å². The molecule has 0 spiro atoms. The summed E-state index contributed by atoms with van der Waals surface area (Å²) in [7, 11) is -3.25. The van der Waals surface area contributed by atoms with E-state index in [1.54, 1.807) is 16.7 Å². The molecular weight excluding hydrogens is 343 g/mol. The molecule has 2 rings (SSSR count). The zero-order valence-electron chi connectivity index (χ0n) is 10.6. The molecule has 3 N–H and O–H groups in total. The van der Waals surface area contributed by atoms with E-state index in [2.05, 4.69) is 10.4 Å². The highest BCUT2D eigenvalue weighted by Gasteiger charge is 2.33. The number of hydrazine groups is 1. The number of halogens is 2. The molecule has 1 aliphatic rings. The molecule has 1 saturated heterocycles.